The van der Waals surface area contributed by atoms with Gasteiger partial charge < -0.3 is 15.7 Å². The number of halogens is 3. The molecular formula is C12H8ClF2N3O2. The SMILES string of the molecule is N/C(=N/O)c1ccnc(Oc2cccc(F)c2F)c1Cl. The molecule has 0 aliphatic heterocycles. The van der Waals surface area contributed by atoms with Crippen LogP contribution in [-0.4, -0.2) is 16.0 Å². The summed E-state index contributed by atoms with van der Waals surface area (Å²) in [7, 11) is 0. The maximum Gasteiger partial charge on any atom is 0.239 e. The van der Waals surface area contributed by atoms with E-state index in [0.29, 0.717) is 0 Å². The maximum atomic E-state index is 13.5. The Bertz CT molecular complexity index is 680. The van der Waals surface area contributed by atoms with Gasteiger partial charge in [0.25, 0.3) is 0 Å². The van der Waals surface area contributed by atoms with Crippen LogP contribution >= 0.6 is 11.6 Å². The summed E-state index contributed by atoms with van der Waals surface area (Å²) in [6, 6.07) is 4.82. The highest BCUT2D eigenvalue weighted by atomic mass is 35.5. The molecule has 0 bridgehead atoms. The zero-order valence-corrected chi connectivity index (χ0v) is 10.6. The van der Waals surface area contributed by atoms with Crippen molar-refractivity contribution in [2.45, 2.75) is 0 Å². The monoisotopic (exact) mass is 299 g/mol. The van der Waals surface area contributed by atoms with Crippen molar-refractivity contribution in [2.24, 2.45) is 10.9 Å². The summed E-state index contributed by atoms with van der Waals surface area (Å²) in [6.45, 7) is 0. The first kappa shape index (κ1) is 14.0. The van der Waals surface area contributed by atoms with Crippen LogP contribution in [0.5, 0.6) is 11.6 Å². The Morgan fingerprint density at radius 3 is 2.80 bits per heavy atom. The summed E-state index contributed by atoms with van der Waals surface area (Å²) < 4.78 is 31.7. The largest absolute Gasteiger partial charge is 0.434 e. The molecule has 0 saturated heterocycles. The molecule has 104 valence electrons. The Hall–Kier alpha value is -2.41. The van der Waals surface area contributed by atoms with Crippen molar-refractivity contribution in [3.63, 3.8) is 0 Å². The summed E-state index contributed by atoms with van der Waals surface area (Å²) >= 11 is 5.95. The van der Waals surface area contributed by atoms with Gasteiger partial charge in [-0.05, 0) is 18.2 Å². The second-order valence-corrected chi connectivity index (χ2v) is 3.99. The predicted octanol–water partition coefficient (Wildman–Crippen LogP) is 2.90. The molecule has 0 unspecified atom stereocenters. The van der Waals surface area contributed by atoms with Crippen LogP contribution < -0.4 is 10.5 Å². The lowest BCUT2D eigenvalue weighted by molar-refractivity contribution is 0.318. The summed E-state index contributed by atoms with van der Waals surface area (Å²) in [4.78, 5) is 3.79. The fraction of sp³-hybridized carbons (Fsp3) is 0. The van der Waals surface area contributed by atoms with E-state index in [1.54, 1.807) is 0 Å². The summed E-state index contributed by atoms with van der Waals surface area (Å²) in [5.41, 5.74) is 5.56. The standard InChI is InChI=1S/C12H8ClF2N3O2/c13-9-6(11(16)18-19)4-5-17-12(9)20-8-3-1-2-7(14)10(8)15/h1-5,19H,(H2,16,18). The van der Waals surface area contributed by atoms with Gasteiger partial charge in [0.1, 0.15) is 5.02 Å². The van der Waals surface area contributed by atoms with Crippen molar-refractivity contribution in [3.05, 3.63) is 52.7 Å². The number of ether oxygens (including phenoxy) is 1. The lowest BCUT2D eigenvalue weighted by Gasteiger charge is -2.09. The van der Waals surface area contributed by atoms with Crippen molar-refractivity contribution in [2.75, 3.05) is 0 Å². The van der Waals surface area contributed by atoms with Gasteiger partial charge >= 0.3 is 0 Å². The van der Waals surface area contributed by atoms with E-state index in [2.05, 4.69) is 10.1 Å². The number of rotatable bonds is 3. The Labute approximate surface area is 117 Å². The highest BCUT2D eigenvalue weighted by Gasteiger charge is 2.16. The number of oxime groups is 1. The number of benzene rings is 1. The van der Waals surface area contributed by atoms with Crippen molar-refractivity contribution >= 4 is 17.4 Å². The van der Waals surface area contributed by atoms with Gasteiger partial charge in [-0.3, -0.25) is 0 Å². The normalized spacial score (nSPS) is 11.4. The predicted molar refractivity (Wildman–Crippen MR) is 68.2 cm³/mol. The van der Waals surface area contributed by atoms with E-state index in [9.17, 15) is 8.78 Å². The molecule has 5 nitrogen and oxygen atoms in total. The van der Waals surface area contributed by atoms with Gasteiger partial charge in [0.05, 0.1) is 0 Å². The fourth-order valence-corrected chi connectivity index (χ4v) is 1.66. The highest BCUT2D eigenvalue weighted by Crippen LogP contribution is 2.31. The molecule has 0 atom stereocenters. The molecule has 0 spiro atoms. The van der Waals surface area contributed by atoms with Crippen LogP contribution in [0.1, 0.15) is 5.56 Å². The zero-order valence-electron chi connectivity index (χ0n) is 9.85. The van der Waals surface area contributed by atoms with Crippen LogP contribution in [0.2, 0.25) is 5.02 Å². The molecule has 0 amide bonds. The number of aromatic nitrogens is 1. The molecule has 0 radical (unpaired) electrons. The first-order chi connectivity index (χ1) is 9.54. The average molecular weight is 300 g/mol. The molecule has 1 heterocycles. The van der Waals surface area contributed by atoms with E-state index in [4.69, 9.17) is 27.3 Å². The lowest BCUT2D eigenvalue weighted by Crippen LogP contribution is -2.14. The lowest BCUT2D eigenvalue weighted by atomic mass is 10.2. The number of nitrogens with two attached hydrogens (primary N) is 1. The van der Waals surface area contributed by atoms with Crippen LogP contribution in [0.3, 0.4) is 0 Å². The van der Waals surface area contributed by atoms with Gasteiger partial charge in [0.15, 0.2) is 17.4 Å². The van der Waals surface area contributed by atoms with E-state index in [1.807, 2.05) is 0 Å². The van der Waals surface area contributed by atoms with Crippen LogP contribution in [0.15, 0.2) is 35.6 Å². The van der Waals surface area contributed by atoms with Gasteiger partial charge in [0.2, 0.25) is 11.7 Å². The van der Waals surface area contributed by atoms with E-state index in [0.717, 1.165) is 6.07 Å². The van der Waals surface area contributed by atoms with Gasteiger partial charge in [-0.15, -0.1) is 0 Å². The third kappa shape index (κ3) is 2.62. The van der Waals surface area contributed by atoms with Gasteiger partial charge in [-0.1, -0.05) is 22.8 Å². The first-order valence-corrected chi connectivity index (χ1v) is 5.66. The molecule has 3 N–H and O–H groups in total. The molecule has 8 heteroatoms. The van der Waals surface area contributed by atoms with Gasteiger partial charge in [-0.25, -0.2) is 9.37 Å². The quantitative estimate of drug-likeness (QED) is 0.395. The Kier molecular flexibility index (Phi) is 3.99. The molecule has 20 heavy (non-hydrogen) atoms. The van der Waals surface area contributed by atoms with Crippen LogP contribution in [-0.2, 0) is 0 Å². The zero-order chi connectivity index (χ0) is 14.7. The van der Waals surface area contributed by atoms with Crippen LogP contribution in [0.25, 0.3) is 0 Å². The Morgan fingerprint density at radius 1 is 1.35 bits per heavy atom. The average Bonchev–Trinajstić information content (AvgIpc) is 2.45. The summed E-state index contributed by atoms with van der Waals surface area (Å²) in [5, 5.41) is 11.3. The minimum atomic E-state index is -1.17. The molecule has 1 aromatic carbocycles. The number of amidine groups is 1. The fourth-order valence-electron chi connectivity index (χ4n) is 1.41. The Balaban J connectivity index is 2.42. The second-order valence-electron chi connectivity index (χ2n) is 3.62. The minimum Gasteiger partial charge on any atom is -0.434 e. The third-order valence-electron chi connectivity index (χ3n) is 2.36. The molecular weight excluding hydrogens is 292 g/mol. The smallest absolute Gasteiger partial charge is 0.239 e. The van der Waals surface area contributed by atoms with Crippen molar-refractivity contribution in [1.29, 1.82) is 0 Å². The maximum absolute atomic E-state index is 13.5. The van der Waals surface area contributed by atoms with E-state index < -0.39 is 11.6 Å². The molecule has 1 aromatic heterocycles. The first-order valence-electron chi connectivity index (χ1n) is 5.29. The Morgan fingerprint density at radius 2 is 2.10 bits per heavy atom. The molecule has 0 saturated carbocycles. The topological polar surface area (TPSA) is 80.7 Å². The number of hydrogen-bond donors (Lipinski definition) is 2. The van der Waals surface area contributed by atoms with Crippen LogP contribution in [0.4, 0.5) is 8.78 Å². The van der Waals surface area contributed by atoms with Gasteiger partial charge in [0, 0.05) is 11.8 Å². The molecule has 2 rings (SSSR count). The summed E-state index contributed by atoms with van der Waals surface area (Å²) in [6.07, 6.45) is 1.27. The van der Waals surface area contributed by atoms with E-state index >= 15 is 0 Å². The van der Waals surface area contributed by atoms with Crippen molar-refractivity contribution < 1.29 is 18.7 Å². The molecule has 0 aliphatic rings. The number of pyridine rings is 1. The van der Waals surface area contributed by atoms with Crippen molar-refractivity contribution in [3.8, 4) is 11.6 Å². The highest BCUT2D eigenvalue weighted by molar-refractivity contribution is 6.35. The number of nitrogens with zero attached hydrogens (tertiary/aromatic N) is 2. The number of hydrogen-bond acceptors (Lipinski definition) is 4. The second kappa shape index (κ2) is 5.70. The van der Waals surface area contributed by atoms with Crippen LogP contribution in [0, 0.1) is 11.6 Å². The third-order valence-corrected chi connectivity index (χ3v) is 2.73. The van der Waals surface area contributed by atoms with Crippen molar-refractivity contribution in [1.82, 2.24) is 4.98 Å². The molecule has 0 fully saturated rings. The minimum absolute atomic E-state index is 0.0912. The molecule has 0 aliphatic carbocycles. The van der Waals surface area contributed by atoms with Gasteiger partial charge in [-0.2, -0.15) is 4.39 Å². The van der Waals surface area contributed by atoms with E-state index in [1.165, 1.54) is 24.4 Å². The molecule has 2 aromatic rings. The summed E-state index contributed by atoms with van der Waals surface area (Å²) in [5.74, 6) is -3.07. The van der Waals surface area contributed by atoms with E-state index in [-0.39, 0.29) is 28.1 Å².